The fourth-order valence-electron chi connectivity index (χ4n) is 1.68. The van der Waals surface area contributed by atoms with Gasteiger partial charge in [0.1, 0.15) is 0 Å². The molecule has 0 bridgehead atoms. The number of nitrogens with two attached hydrogens (primary N) is 1. The molecule has 0 aliphatic heterocycles. The summed E-state index contributed by atoms with van der Waals surface area (Å²) < 4.78 is 31.3. The number of aromatic nitrogens is 2. The van der Waals surface area contributed by atoms with Crippen LogP contribution in [0.4, 0.5) is 0 Å². The summed E-state index contributed by atoms with van der Waals surface area (Å²) in [5.74, 6) is 0.274. The van der Waals surface area contributed by atoms with Crippen LogP contribution in [0.5, 0.6) is 0 Å². The minimum atomic E-state index is -3.63. The minimum absolute atomic E-state index is 0.0227. The van der Waals surface area contributed by atoms with E-state index in [1.165, 1.54) is 6.07 Å². The van der Waals surface area contributed by atoms with Gasteiger partial charge in [-0.3, -0.25) is 0 Å². The number of nitrogens with one attached hydrogen (secondary N) is 1. The zero-order chi connectivity index (χ0) is 13.9. The van der Waals surface area contributed by atoms with E-state index in [9.17, 15) is 8.42 Å². The molecule has 0 saturated carbocycles. The fourth-order valence-corrected chi connectivity index (χ4v) is 2.95. The van der Waals surface area contributed by atoms with Crippen molar-refractivity contribution in [3.8, 4) is 0 Å². The van der Waals surface area contributed by atoms with Gasteiger partial charge < -0.3 is 10.3 Å². The monoisotopic (exact) mass is 282 g/mol. The summed E-state index contributed by atoms with van der Waals surface area (Å²) in [5, 5.41) is 3.54. The van der Waals surface area contributed by atoms with E-state index < -0.39 is 10.0 Å². The molecule has 1 aromatic heterocycles. The molecule has 0 atom stereocenters. The summed E-state index contributed by atoms with van der Waals surface area (Å²) in [6, 6.07) is 5.00. The van der Waals surface area contributed by atoms with Crippen molar-refractivity contribution in [3.05, 3.63) is 41.5 Å². The van der Waals surface area contributed by atoms with Crippen LogP contribution in [0, 0.1) is 6.92 Å². The number of sulfonamides is 1. The molecule has 102 valence electrons. The Kier molecular flexibility index (Phi) is 3.93. The third kappa shape index (κ3) is 2.98. The first kappa shape index (κ1) is 13.7. The Labute approximate surface area is 110 Å². The van der Waals surface area contributed by atoms with E-state index in [4.69, 9.17) is 5.73 Å². The molecule has 19 heavy (non-hydrogen) atoms. The van der Waals surface area contributed by atoms with Crippen molar-refractivity contribution in [3.63, 3.8) is 0 Å². The number of hydrogen-bond acceptors (Lipinski definition) is 6. The second kappa shape index (κ2) is 5.47. The van der Waals surface area contributed by atoms with Crippen LogP contribution in [0.1, 0.15) is 17.0 Å². The zero-order valence-electron chi connectivity index (χ0n) is 10.3. The summed E-state index contributed by atoms with van der Waals surface area (Å²) >= 11 is 0. The van der Waals surface area contributed by atoms with Crippen molar-refractivity contribution in [2.75, 3.05) is 0 Å². The molecule has 2 aromatic rings. The van der Waals surface area contributed by atoms with Gasteiger partial charge in [-0.2, -0.15) is 4.98 Å². The first-order valence-electron chi connectivity index (χ1n) is 5.58. The van der Waals surface area contributed by atoms with E-state index in [1.807, 2.05) is 0 Å². The molecule has 1 heterocycles. The molecule has 7 nitrogen and oxygen atoms in total. The molecule has 0 aliphatic carbocycles. The molecule has 0 unspecified atom stereocenters. The van der Waals surface area contributed by atoms with Gasteiger partial charge in [0.2, 0.25) is 16.4 Å². The Morgan fingerprint density at radius 1 is 1.42 bits per heavy atom. The van der Waals surface area contributed by atoms with Crippen molar-refractivity contribution in [1.29, 1.82) is 0 Å². The van der Waals surface area contributed by atoms with Crippen molar-refractivity contribution in [2.24, 2.45) is 5.73 Å². The standard InChI is InChI=1S/C11H14N4O3S/c1-8-9(5-12)3-2-4-10(8)19(16,17)14-6-11-13-7-18-15-11/h2-4,7,14H,5-6,12H2,1H3. The number of rotatable bonds is 5. The van der Waals surface area contributed by atoms with Crippen LogP contribution in [0.25, 0.3) is 0 Å². The van der Waals surface area contributed by atoms with Gasteiger partial charge in [-0.15, -0.1) is 0 Å². The second-order valence-electron chi connectivity index (χ2n) is 3.92. The highest BCUT2D eigenvalue weighted by molar-refractivity contribution is 7.89. The molecule has 1 aromatic carbocycles. The maximum absolute atomic E-state index is 12.2. The third-order valence-electron chi connectivity index (χ3n) is 2.73. The van der Waals surface area contributed by atoms with Crippen molar-refractivity contribution < 1.29 is 12.9 Å². The lowest BCUT2D eigenvalue weighted by molar-refractivity contribution is 0.409. The van der Waals surface area contributed by atoms with Crippen LogP contribution in [0.15, 0.2) is 34.0 Å². The number of nitrogens with zero attached hydrogens (tertiary/aromatic N) is 2. The van der Waals surface area contributed by atoms with Crippen molar-refractivity contribution >= 4 is 10.0 Å². The Morgan fingerprint density at radius 2 is 2.21 bits per heavy atom. The largest absolute Gasteiger partial charge is 0.343 e. The zero-order valence-corrected chi connectivity index (χ0v) is 11.1. The van der Waals surface area contributed by atoms with Gasteiger partial charge in [0, 0.05) is 6.54 Å². The Balaban J connectivity index is 2.24. The molecule has 0 amide bonds. The summed E-state index contributed by atoms with van der Waals surface area (Å²) in [6.45, 7) is 2.00. The van der Waals surface area contributed by atoms with Crippen LogP contribution < -0.4 is 10.5 Å². The van der Waals surface area contributed by atoms with Crippen molar-refractivity contribution in [1.82, 2.24) is 14.9 Å². The molecule has 0 spiro atoms. The summed E-state index contributed by atoms with van der Waals surface area (Å²) in [6.07, 6.45) is 1.14. The van der Waals surface area contributed by atoms with Gasteiger partial charge >= 0.3 is 0 Å². The maximum atomic E-state index is 12.2. The van der Waals surface area contributed by atoms with E-state index in [0.717, 1.165) is 12.0 Å². The summed E-state index contributed by atoms with van der Waals surface area (Å²) in [7, 11) is -3.63. The predicted octanol–water partition coefficient (Wildman–Crippen LogP) is 0.315. The molecule has 0 fully saturated rings. The van der Waals surface area contributed by atoms with Gasteiger partial charge in [0.25, 0.3) is 0 Å². The second-order valence-corrected chi connectivity index (χ2v) is 5.65. The Morgan fingerprint density at radius 3 is 2.84 bits per heavy atom. The van der Waals surface area contributed by atoms with Crippen LogP contribution >= 0.6 is 0 Å². The highest BCUT2D eigenvalue weighted by Gasteiger charge is 2.18. The molecule has 2 rings (SSSR count). The first-order chi connectivity index (χ1) is 9.04. The number of benzene rings is 1. The van der Waals surface area contributed by atoms with Crippen LogP contribution in [0.2, 0.25) is 0 Å². The van der Waals surface area contributed by atoms with Crippen molar-refractivity contribution in [2.45, 2.75) is 24.9 Å². The fraction of sp³-hybridized carbons (Fsp3) is 0.273. The topological polar surface area (TPSA) is 111 Å². The average molecular weight is 282 g/mol. The lowest BCUT2D eigenvalue weighted by Crippen LogP contribution is -2.25. The van der Waals surface area contributed by atoms with Gasteiger partial charge in [-0.05, 0) is 24.1 Å². The molecule has 8 heteroatoms. The highest BCUT2D eigenvalue weighted by atomic mass is 32.2. The minimum Gasteiger partial charge on any atom is -0.343 e. The smallest absolute Gasteiger partial charge is 0.241 e. The molecule has 3 N–H and O–H groups in total. The maximum Gasteiger partial charge on any atom is 0.241 e. The quantitative estimate of drug-likeness (QED) is 0.816. The van der Waals surface area contributed by atoms with Gasteiger partial charge in [0.05, 0.1) is 11.4 Å². The van der Waals surface area contributed by atoms with E-state index in [-0.39, 0.29) is 17.3 Å². The van der Waals surface area contributed by atoms with E-state index in [2.05, 4.69) is 19.4 Å². The molecule has 0 radical (unpaired) electrons. The van der Waals surface area contributed by atoms with Gasteiger partial charge in [0.15, 0.2) is 5.82 Å². The van der Waals surface area contributed by atoms with E-state index >= 15 is 0 Å². The number of hydrogen-bond donors (Lipinski definition) is 2. The predicted molar refractivity (Wildman–Crippen MR) is 67.4 cm³/mol. The van der Waals surface area contributed by atoms with E-state index in [0.29, 0.717) is 12.1 Å². The van der Waals surface area contributed by atoms with Crippen LogP contribution in [-0.2, 0) is 23.1 Å². The Hall–Kier alpha value is -1.77. The molecular formula is C11H14N4O3S. The molecular weight excluding hydrogens is 268 g/mol. The molecule has 0 aliphatic rings. The third-order valence-corrected chi connectivity index (χ3v) is 4.28. The first-order valence-corrected chi connectivity index (χ1v) is 7.06. The Bertz CT molecular complexity index is 653. The highest BCUT2D eigenvalue weighted by Crippen LogP contribution is 2.18. The van der Waals surface area contributed by atoms with E-state index in [1.54, 1.807) is 19.1 Å². The normalized spacial score (nSPS) is 11.7. The molecule has 0 saturated heterocycles. The summed E-state index contributed by atoms with van der Waals surface area (Å²) in [5.41, 5.74) is 7.00. The van der Waals surface area contributed by atoms with Crippen LogP contribution in [0.3, 0.4) is 0 Å². The van der Waals surface area contributed by atoms with Gasteiger partial charge in [-0.25, -0.2) is 13.1 Å². The van der Waals surface area contributed by atoms with Crippen LogP contribution in [-0.4, -0.2) is 18.6 Å². The lowest BCUT2D eigenvalue weighted by Gasteiger charge is -2.10. The average Bonchev–Trinajstić information content (AvgIpc) is 2.90. The SMILES string of the molecule is Cc1c(CN)cccc1S(=O)(=O)NCc1ncon1. The van der Waals surface area contributed by atoms with Gasteiger partial charge in [-0.1, -0.05) is 17.3 Å². The lowest BCUT2D eigenvalue weighted by atomic mass is 10.1. The summed E-state index contributed by atoms with van der Waals surface area (Å²) in [4.78, 5) is 3.95.